The summed E-state index contributed by atoms with van der Waals surface area (Å²) in [5.74, 6) is 1.25. The van der Waals surface area contributed by atoms with E-state index in [9.17, 15) is 4.79 Å². The van der Waals surface area contributed by atoms with Gasteiger partial charge in [0, 0.05) is 12.1 Å². The van der Waals surface area contributed by atoms with Crippen LogP contribution >= 0.6 is 0 Å². The first-order valence-electron chi connectivity index (χ1n) is 12.3. The molecular formula is C33H29NO3. The molecule has 5 aromatic rings. The Morgan fingerprint density at radius 1 is 0.676 bits per heavy atom. The second-order valence-corrected chi connectivity index (χ2v) is 8.87. The molecule has 0 fully saturated rings. The zero-order valence-electron chi connectivity index (χ0n) is 21.0. The fourth-order valence-electron chi connectivity index (χ4n) is 4.85. The molecule has 37 heavy (non-hydrogen) atoms. The first kappa shape index (κ1) is 24.1. The summed E-state index contributed by atoms with van der Waals surface area (Å²) >= 11 is 0. The van der Waals surface area contributed by atoms with E-state index >= 15 is 0 Å². The van der Waals surface area contributed by atoms with Crippen molar-refractivity contribution in [2.45, 2.75) is 12.6 Å². The molecule has 0 aliphatic carbocycles. The molecule has 0 aromatic heterocycles. The molecule has 0 saturated carbocycles. The third kappa shape index (κ3) is 5.05. The van der Waals surface area contributed by atoms with Crippen molar-refractivity contribution in [3.8, 4) is 11.5 Å². The summed E-state index contributed by atoms with van der Waals surface area (Å²) in [6.45, 7) is 0.386. The Bertz CT molecular complexity index is 1450. The first-order chi connectivity index (χ1) is 18.2. The van der Waals surface area contributed by atoms with Crippen molar-refractivity contribution in [2.75, 3.05) is 14.2 Å². The SMILES string of the molecule is COc1ccc(CN(C(=O)c2cccc3ccccc23)C(c2ccccc2)c2ccccc2)cc1OC. The number of nitrogens with zero attached hydrogens (tertiary/aromatic N) is 1. The Balaban J connectivity index is 1.68. The highest BCUT2D eigenvalue weighted by molar-refractivity contribution is 6.07. The van der Waals surface area contributed by atoms with Crippen LogP contribution in [0, 0.1) is 0 Å². The Kier molecular flexibility index (Phi) is 7.18. The number of carbonyl (C=O) groups is 1. The molecule has 0 radical (unpaired) electrons. The number of methoxy groups -OCH3 is 2. The number of fused-ring (bicyclic) bond motifs is 1. The molecule has 0 bridgehead atoms. The van der Waals surface area contributed by atoms with Gasteiger partial charge in [0.25, 0.3) is 5.91 Å². The van der Waals surface area contributed by atoms with E-state index in [4.69, 9.17) is 9.47 Å². The third-order valence-electron chi connectivity index (χ3n) is 6.62. The molecule has 0 spiro atoms. The van der Waals surface area contributed by atoms with Crippen LogP contribution in [0.15, 0.2) is 121 Å². The minimum atomic E-state index is -0.290. The van der Waals surface area contributed by atoms with Crippen LogP contribution in [0.1, 0.15) is 33.1 Å². The fraction of sp³-hybridized carbons (Fsp3) is 0.121. The summed E-state index contributed by atoms with van der Waals surface area (Å²) in [5, 5.41) is 1.97. The van der Waals surface area contributed by atoms with Gasteiger partial charge in [0.05, 0.1) is 20.3 Å². The average molecular weight is 488 g/mol. The molecular weight excluding hydrogens is 458 g/mol. The Morgan fingerprint density at radius 2 is 1.27 bits per heavy atom. The summed E-state index contributed by atoms with van der Waals surface area (Å²) in [5.41, 5.74) is 3.71. The van der Waals surface area contributed by atoms with E-state index in [2.05, 4.69) is 24.3 Å². The minimum absolute atomic E-state index is 0.0377. The molecule has 0 atom stereocenters. The summed E-state index contributed by atoms with van der Waals surface area (Å²) in [6.07, 6.45) is 0. The molecule has 4 nitrogen and oxygen atoms in total. The van der Waals surface area contributed by atoms with E-state index in [1.165, 1.54) is 0 Å². The second kappa shape index (κ2) is 11.0. The summed E-state index contributed by atoms with van der Waals surface area (Å²) < 4.78 is 11.0. The maximum atomic E-state index is 14.5. The van der Waals surface area contributed by atoms with E-state index in [0.717, 1.165) is 27.5 Å². The van der Waals surface area contributed by atoms with Crippen LogP contribution in [0.25, 0.3) is 10.8 Å². The largest absolute Gasteiger partial charge is 0.493 e. The van der Waals surface area contributed by atoms with Crippen LogP contribution in [-0.2, 0) is 6.54 Å². The number of ether oxygens (including phenoxy) is 2. The van der Waals surface area contributed by atoms with E-state index < -0.39 is 0 Å². The number of hydrogen-bond donors (Lipinski definition) is 0. The van der Waals surface area contributed by atoms with Crippen molar-refractivity contribution in [3.05, 3.63) is 144 Å². The molecule has 0 saturated heterocycles. The van der Waals surface area contributed by atoms with Crippen molar-refractivity contribution in [1.82, 2.24) is 4.90 Å². The Labute approximate surface area is 217 Å². The maximum absolute atomic E-state index is 14.5. The molecule has 0 N–H and O–H groups in total. The lowest BCUT2D eigenvalue weighted by atomic mass is 9.94. The van der Waals surface area contributed by atoms with Gasteiger partial charge in [0.2, 0.25) is 0 Å². The average Bonchev–Trinajstić information content (AvgIpc) is 2.97. The fourth-order valence-corrected chi connectivity index (χ4v) is 4.85. The van der Waals surface area contributed by atoms with Gasteiger partial charge in [-0.25, -0.2) is 0 Å². The zero-order valence-corrected chi connectivity index (χ0v) is 21.0. The molecule has 184 valence electrons. The van der Waals surface area contributed by atoms with E-state index in [1.807, 2.05) is 102 Å². The maximum Gasteiger partial charge on any atom is 0.255 e. The third-order valence-corrected chi connectivity index (χ3v) is 6.62. The number of amides is 1. The van der Waals surface area contributed by atoms with Gasteiger partial charge in [0.1, 0.15) is 0 Å². The molecule has 5 aromatic carbocycles. The normalized spacial score (nSPS) is 10.9. The van der Waals surface area contributed by atoms with Gasteiger partial charge >= 0.3 is 0 Å². The molecule has 0 aliphatic rings. The lowest BCUT2D eigenvalue weighted by Crippen LogP contribution is -2.35. The van der Waals surface area contributed by atoms with Gasteiger partial charge in [-0.1, -0.05) is 103 Å². The lowest BCUT2D eigenvalue weighted by molar-refractivity contribution is 0.0692. The van der Waals surface area contributed by atoms with Crippen molar-refractivity contribution in [1.29, 1.82) is 0 Å². The second-order valence-electron chi connectivity index (χ2n) is 8.87. The van der Waals surface area contributed by atoms with Crippen LogP contribution in [0.3, 0.4) is 0 Å². The van der Waals surface area contributed by atoms with Crippen LogP contribution in [0.2, 0.25) is 0 Å². The molecule has 5 rings (SSSR count). The molecule has 4 heteroatoms. The van der Waals surface area contributed by atoms with Crippen molar-refractivity contribution in [2.24, 2.45) is 0 Å². The smallest absolute Gasteiger partial charge is 0.255 e. The standard InChI is InChI=1S/C33H29NO3/c1-36-30-21-20-24(22-31(30)37-2)23-34(33(35)29-19-11-17-25-12-9-10-18-28(25)29)32(26-13-5-3-6-14-26)27-15-7-4-8-16-27/h3-22,32H,23H2,1-2H3. The van der Waals surface area contributed by atoms with Crippen molar-refractivity contribution in [3.63, 3.8) is 0 Å². The summed E-state index contributed by atoms with van der Waals surface area (Å²) in [6, 6.07) is 39.8. The topological polar surface area (TPSA) is 38.8 Å². The van der Waals surface area contributed by atoms with Gasteiger partial charge in [-0.15, -0.1) is 0 Å². The lowest BCUT2D eigenvalue weighted by Gasteiger charge is -2.33. The highest BCUT2D eigenvalue weighted by Crippen LogP contribution is 2.35. The van der Waals surface area contributed by atoms with Crippen LogP contribution in [-0.4, -0.2) is 25.0 Å². The van der Waals surface area contributed by atoms with Crippen LogP contribution < -0.4 is 9.47 Å². The monoisotopic (exact) mass is 487 g/mol. The first-order valence-corrected chi connectivity index (χ1v) is 12.3. The van der Waals surface area contributed by atoms with Gasteiger partial charge in [-0.2, -0.15) is 0 Å². The van der Waals surface area contributed by atoms with Crippen LogP contribution in [0.4, 0.5) is 0 Å². The molecule has 0 heterocycles. The summed E-state index contributed by atoms with van der Waals surface area (Å²) in [7, 11) is 3.24. The van der Waals surface area contributed by atoms with Crippen molar-refractivity contribution < 1.29 is 14.3 Å². The van der Waals surface area contributed by atoms with E-state index in [-0.39, 0.29) is 11.9 Å². The van der Waals surface area contributed by atoms with Gasteiger partial charge in [-0.3, -0.25) is 4.79 Å². The van der Waals surface area contributed by atoms with Gasteiger partial charge in [0.15, 0.2) is 11.5 Å². The highest BCUT2D eigenvalue weighted by atomic mass is 16.5. The molecule has 0 aliphatic heterocycles. The Morgan fingerprint density at radius 3 is 1.92 bits per heavy atom. The predicted octanol–water partition coefficient (Wildman–Crippen LogP) is 7.29. The number of benzene rings is 5. The number of hydrogen-bond acceptors (Lipinski definition) is 3. The molecule has 0 unspecified atom stereocenters. The number of rotatable bonds is 8. The van der Waals surface area contributed by atoms with Crippen molar-refractivity contribution >= 4 is 16.7 Å². The minimum Gasteiger partial charge on any atom is -0.493 e. The van der Waals surface area contributed by atoms with E-state index in [1.54, 1.807) is 14.2 Å². The molecule has 1 amide bonds. The predicted molar refractivity (Wildman–Crippen MR) is 148 cm³/mol. The van der Waals surface area contributed by atoms with Gasteiger partial charge in [-0.05, 0) is 45.7 Å². The highest BCUT2D eigenvalue weighted by Gasteiger charge is 2.29. The van der Waals surface area contributed by atoms with E-state index in [0.29, 0.717) is 23.6 Å². The Hall–Kier alpha value is -4.57. The van der Waals surface area contributed by atoms with Crippen LogP contribution in [0.5, 0.6) is 11.5 Å². The summed E-state index contributed by atoms with van der Waals surface area (Å²) in [4.78, 5) is 16.5. The zero-order chi connectivity index (χ0) is 25.6. The number of carbonyl (C=O) groups excluding carboxylic acids is 1. The quantitative estimate of drug-likeness (QED) is 0.231. The van der Waals surface area contributed by atoms with Gasteiger partial charge < -0.3 is 14.4 Å².